The van der Waals surface area contributed by atoms with Crippen molar-refractivity contribution in [1.29, 1.82) is 0 Å². The molecular weight excluding hydrogens is 320 g/mol. The molecule has 1 unspecified atom stereocenters. The lowest BCUT2D eigenvalue weighted by atomic mass is 10.1. The van der Waals surface area contributed by atoms with Crippen molar-refractivity contribution in [3.8, 4) is 5.75 Å². The van der Waals surface area contributed by atoms with E-state index in [0.29, 0.717) is 24.6 Å². The Morgan fingerprint density at radius 1 is 1.28 bits per heavy atom. The molecule has 1 aliphatic carbocycles. The molecule has 1 heterocycles. The lowest BCUT2D eigenvalue weighted by molar-refractivity contribution is -0.137. The van der Waals surface area contributed by atoms with Crippen molar-refractivity contribution in [1.82, 2.24) is 4.90 Å². The number of nitrogens with zero attached hydrogens (tertiary/aromatic N) is 1. The van der Waals surface area contributed by atoms with Gasteiger partial charge in [-0.1, -0.05) is 6.07 Å². The molecule has 2 amide bonds. The van der Waals surface area contributed by atoms with Gasteiger partial charge in [-0.15, -0.1) is 0 Å². The molecule has 0 bridgehead atoms. The number of hydrogen-bond donors (Lipinski definition) is 1. The number of anilines is 1. The fourth-order valence-corrected chi connectivity index (χ4v) is 3.03. The van der Waals surface area contributed by atoms with Crippen molar-refractivity contribution in [2.45, 2.75) is 38.7 Å². The lowest BCUT2D eigenvalue weighted by Gasteiger charge is -2.32. The predicted molar refractivity (Wildman–Crippen MR) is 94.5 cm³/mol. The van der Waals surface area contributed by atoms with Gasteiger partial charge in [-0.25, -0.2) is 0 Å². The van der Waals surface area contributed by atoms with Gasteiger partial charge in [-0.05, 0) is 44.7 Å². The third kappa shape index (κ3) is 5.19. The quantitative estimate of drug-likeness (QED) is 0.823. The third-order valence-corrected chi connectivity index (χ3v) is 4.55. The van der Waals surface area contributed by atoms with Crippen LogP contribution in [0.5, 0.6) is 5.75 Å². The first kappa shape index (κ1) is 17.7. The first-order valence-electron chi connectivity index (χ1n) is 9.09. The Labute approximate surface area is 148 Å². The van der Waals surface area contributed by atoms with Crippen LogP contribution in [-0.2, 0) is 14.3 Å². The van der Waals surface area contributed by atoms with Crippen LogP contribution in [0.2, 0.25) is 0 Å². The Hall–Kier alpha value is -2.08. The number of nitrogens with one attached hydrogen (secondary N) is 1. The molecule has 1 N–H and O–H groups in total. The zero-order valence-electron chi connectivity index (χ0n) is 14.7. The molecule has 136 valence electrons. The predicted octanol–water partition coefficient (Wildman–Crippen LogP) is 2.44. The molecular formula is C19H26N2O4. The van der Waals surface area contributed by atoms with E-state index in [4.69, 9.17) is 9.47 Å². The average Bonchev–Trinajstić information content (AvgIpc) is 3.46. The van der Waals surface area contributed by atoms with Crippen LogP contribution in [0.3, 0.4) is 0 Å². The molecule has 2 aliphatic rings. The maximum absolute atomic E-state index is 12.4. The summed E-state index contributed by atoms with van der Waals surface area (Å²) in [7, 11) is 0. The Morgan fingerprint density at radius 3 is 2.88 bits per heavy atom. The monoisotopic (exact) mass is 346 g/mol. The van der Waals surface area contributed by atoms with Crippen LogP contribution in [0.25, 0.3) is 0 Å². The molecule has 1 saturated heterocycles. The summed E-state index contributed by atoms with van der Waals surface area (Å²) < 4.78 is 11.3. The summed E-state index contributed by atoms with van der Waals surface area (Å²) in [6.07, 6.45) is 4.02. The van der Waals surface area contributed by atoms with Gasteiger partial charge in [0, 0.05) is 37.4 Å². The van der Waals surface area contributed by atoms with Crippen molar-refractivity contribution in [3.63, 3.8) is 0 Å². The molecule has 1 saturated carbocycles. The maximum Gasteiger partial charge on any atom is 0.260 e. The van der Waals surface area contributed by atoms with Gasteiger partial charge < -0.3 is 19.7 Å². The van der Waals surface area contributed by atoms with E-state index < -0.39 is 0 Å². The van der Waals surface area contributed by atoms with Crippen molar-refractivity contribution >= 4 is 17.5 Å². The first-order valence-corrected chi connectivity index (χ1v) is 9.09. The molecule has 3 rings (SSSR count). The van der Waals surface area contributed by atoms with Crippen molar-refractivity contribution in [2.24, 2.45) is 5.92 Å². The van der Waals surface area contributed by atoms with Gasteiger partial charge in [0.25, 0.3) is 5.91 Å². The Kier molecular flexibility index (Phi) is 5.91. The van der Waals surface area contributed by atoms with E-state index in [2.05, 4.69) is 5.32 Å². The first-order chi connectivity index (χ1) is 12.2. The second kappa shape index (κ2) is 8.34. The average molecular weight is 346 g/mol. The highest BCUT2D eigenvalue weighted by atomic mass is 16.5. The number of carbonyl (C=O) groups is 2. The third-order valence-electron chi connectivity index (χ3n) is 4.55. The summed E-state index contributed by atoms with van der Waals surface area (Å²) in [5.74, 6) is 0.768. The zero-order valence-corrected chi connectivity index (χ0v) is 14.7. The minimum absolute atomic E-state index is 0.00112. The summed E-state index contributed by atoms with van der Waals surface area (Å²) in [6.45, 7) is 4.02. The SMILES string of the molecule is CCOC1CCCN(C(=O)COc2cccc(NC(=O)C3CC3)c2)C1. The van der Waals surface area contributed by atoms with Gasteiger partial charge in [0.2, 0.25) is 5.91 Å². The van der Waals surface area contributed by atoms with Gasteiger partial charge in [0.05, 0.1) is 6.10 Å². The zero-order chi connectivity index (χ0) is 17.6. The largest absolute Gasteiger partial charge is 0.484 e. The molecule has 0 radical (unpaired) electrons. The molecule has 0 spiro atoms. The molecule has 6 heteroatoms. The number of ether oxygens (including phenoxy) is 2. The van der Waals surface area contributed by atoms with E-state index in [1.54, 1.807) is 12.1 Å². The fraction of sp³-hybridized carbons (Fsp3) is 0.579. The van der Waals surface area contributed by atoms with Gasteiger partial charge in [-0.3, -0.25) is 9.59 Å². The van der Waals surface area contributed by atoms with Crippen LogP contribution in [0.1, 0.15) is 32.6 Å². The summed E-state index contributed by atoms with van der Waals surface area (Å²) >= 11 is 0. The summed E-state index contributed by atoms with van der Waals surface area (Å²) in [6, 6.07) is 7.19. The number of benzene rings is 1. The highest BCUT2D eigenvalue weighted by Gasteiger charge is 2.29. The lowest BCUT2D eigenvalue weighted by Crippen LogP contribution is -2.45. The molecule has 1 aromatic carbocycles. The summed E-state index contributed by atoms with van der Waals surface area (Å²) in [5, 5.41) is 2.88. The topological polar surface area (TPSA) is 67.9 Å². The van der Waals surface area contributed by atoms with E-state index in [1.807, 2.05) is 24.0 Å². The highest BCUT2D eigenvalue weighted by molar-refractivity contribution is 5.94. The smallest absolute Gasteiger partial charge is 0.260 e. The Morgan fingerprint density at radius 2 is 2.12 bits per heavy atom. The van der Waals surface area contributed by atoms with Crippen LogP contribution < -0.4 is 10.1 Å². The van der Waals surface area contributed by atoms with Crippen LogP contribution >= 0.6 is 0 Å². The van der Waals surface area contributed by atoms with Crippen molar-refractivity contribution in [2.75, 3.05) is 31.6 Å². The van der Waals surface area contributed by atoms with Gasteiger partial charge >= 0.3 is 0 Å². The number of carbonyl (C=O) groups excluding carboxylic acids is 2. The highest BCUT2D eigenvalue weighted by Crippen LogP contribution is 2.30. The number of likely N-dealkylation sites (tertiary alicyclic amines) is 1. The summed E-state index contributed by atoms with van der Waals surface area (Å²) in [5.41, 5.74) is 0.705. The normalized spacial score (nSPS) is 20.2. The van der Waals surface area contributed by atoms with E-state index in [9.17, 15) is 9.59 Å². The van der Waals surface area contributed by atoms with Gasteiger partial charge in [0.15, 0.2) is 6.61 Å². The molecule has 1 aliphatic heterocycles. The Bertz CT molecular complexity index is 613. The van der Waals surface area contributed by atoms with Gasteiger partial charge in [0.1, 0.15) is 5.75 Å². The molecule has 6 nitrogen and oxygen atoms in total. The molecule has 1 atom stereocenters. The second-order valence-corrected chi connectivity index (χ2v) is 6.64. The molecule has 25 heavy (non-hydrogen) atoms. The molecule has 0 aromatic heterocycles. The van der Waals surface area contributed by atoms with Crippen LogP contribution in [0.15, 0.2) is 24.3 Å². The number of rotatable bonds is 7. The standard InChI is InChI=1S/C19H26N2O4/c1-2-24-17-7-4-10-21(12-17)18(22)13-25-16-6-3-5-15(11-16)20-19(23)14-8-9-14/h3,5-6,11,14,17H,2,4,7-10,12-13H2,1H3,(H,20,23). The maximum atomic E-state index is 12.4. The van der Waals surface area contributed by atoms with Crippen LogP contribution in [-0.4, -0.2) is 49.1 Å². The summed E-state index contributed by atoms with van der Waals surface area (Å²) in [4.78, 5) is 26.0. The van der Waals surface area contributed by atoms with Gasteiger partial charge in [-0.2, -0.15) is 0 Å². The number of piperidine rings is 1. The Balaban J connectivity index is 1.49. The number of hydrogen-bond acceptors (Lipinski definition) is 4. The molecule has 1 aromatic rings. The minimum Gasteiger partial charge on any atom is -0.484 e. The van der Waals surface area contributed by atoms with Crippen molar-refractivity contribution < 1.29 is 19.1 Å². The van der Waals surface area contributed by atoms with E-state index in [-0.39, 0.29) is 30.4 Å². The van der Waals surface area contributed by atoms with E-state index >= 15 is 0 Å². The second-order valence-electron chi connectivity index (χ2n) is 6.64. The van der Waals surface area contributed by atoms with Crippen LogP contribution in [0.4, 0.5) is 5.69 Å². The fourth-order valence-electron chi connectivity index (χ4n) is 3.03. The van der Waals surface area contributed by atoms with E-state index in [0.717, 1.165) is 32.2 Å². The minimum atomic E-state index is -0.0307. The number of amides is 2. The van der Waals surface area contributed by atoms with E-state index in [1.165, 1.54) is 0 Å². The van der Waals surface area contributed by atoms with Crippen molar-refractivity contribution in [3.05, 3.63) is 24.3 Å². The van der Waals surface area contributed by atoms with Crippen LogP contribution in [0, 0.1) is 5.92 Å². The molecule has 2 fully saturated rings.